The zero-order chi connectivity index (χ0) is 22.9. The minimum absolute atomic E-state index is 0.302. The Morgan fingerprint density at radius 3 is 2.41 bits per heavy atom. The molecule has 0 saturated heterocycles. The molecule has 0 aromatic heterocycles. The van der Waals surface area contributed by atoms with E-state index in [0.29, 0.717) is 47.2 Å². The molecule has 3 amide bonds. The van der Waals surface area contributed by atoms with Gasteiger partial charge in [-0.15, -0.1) is 0 Å². The lowest BCUT2D eigenvalue weighted by atomic mass is 10.2. The number of amides is 3. The van der Waals surface area contributed by atoms with E-state index in [2.05, 4.69) is 10.6 Å². The van der Waals surface area contributed by atoms with Gasteiger partial charge in [-0.25, -0.2) is 9.18 Å². The maximum Gasteiger partial charge on any atom is 0.326 e. The molecule has 6 nitrogen and oxygen atoms in total. The van der Waals surface area contributed by atoms with Crippen molar-refractivity contribution in [2.75, 3.05) is 30.4 Å². The molecule has 0 saturated carbocycles. The van der Waals surface area contributed by atoms with Crippen molar-refractivity contribution in [1.29, 1.82) is 0 Å². The van der Waals surface area contributed by atoms with E-state index in [0.717, 1.165) is 0 Å². The van der Waals surface area contributed by atoms with Crippen molar-refractivity contribution in [1.82, 2.24) is 5.32 Å². The van der Waals surface area contributed by atoms with Crippen molar-refractivity contribution in [3.63, 3.8) is 0 Å². The van der Waals surface area contributed by atoms with E-state index in [1.54, 1.807) is 60.5 Å². The summed E-state index contributed by atoms with van der Waals surface area (Å²) in [6.45, 7) is 0.690. The van der Waals surface area contributed by atoms with Gasteiger partial charge in [-0.2, -0.15) is 0 Å². The largest absolute Gasteiger partial charge is 0.497 e. The Labute approximate surface area is 191 Å². The standard InChI is InChI=1S/C24H23ClFN3O3/c1-32-22-12-10-21(11-13-22)29(24(31)28-20-5-2-4-18(25)16-20)15-3-14-27-23(30)17-6-8-19(26)9-7-17/h2,4-13,16H,3,14-15H2,1H3,(H,27,30)(H,28,31). The van der Waals surface area contributed by atoms with Crippen LogP contribution in [0.25, 0.3) is 0 Å². The molecule has 0 aliphatic heterocycles. The van der Waals surface area contributed by atoms with Crippen LogP contribution in [0.1, 0.15) is 16.8 Å². The van der Waals surface area contributed by atoms with Crippen LogP contribution in [0.2, 0.25) is 5.02 Å². The third-order valence-electron chi connectivity index (χ3n) is 4.66. The van der Waals surface area contributed by atoms with E-state index in [1.807, 2.05) is 0 Å². The van der Waals surface area contributed by atoms with Gasteiger partial charge in [0.25, 0.3) is 5.91 Å². The van der Waals surface area contributed by atoms with Crippen molar-refractivity contribution in [3.05, 3.63) is 89.2 Å². The van der Waals surface area contributed by atoms with Crippen molar-refractivity contribution < 1.29 is 18.7 Å². The van der Waals surface area contributed by atoms with Gasteiger partial charge in [0.15, 0.2) is 0 Å². The highest BCUT2D eigenvalue weighted by molar-refractivity contribution is 6.30. The Morgan fingerprint density at radius 2 is 1.75 bits per heavy atom. The fourth-order valence-electron chi connectivity index (χ4n) is 3.01. The predicted molar refractivity (Wildman–Crippen MR) is 124 cm³/mol. The highest BCUT2D eigenvalue weighted by atomic mass is 35.5. The molecule has 3 aromatic rings. The van der Waals surface area contributed by atoms with E-state index < -0.39 is 5.82 Å². The number of halogens is 2. The molecule has 0 unspecified atom stereocenters. The zero-order valence-electron chi connectivity index (χ0n) is 17.5. The van der Waals surface area contributed by atoms with E-state index in [9.17, 15) is 14.0 Å². The van der Waals surface area contributed by atoms with Crippen LogP contribution in [0.15, 0.2) is 72.8 Å². The molecule has 0 aliphatic rings. The van der Waals surface area contributed by atoms with E-state index in [4.69, 9.17) is 16.3 Å². The lowest BCUT2D eigenvalue weighted by Crippen LogP contribution is -2.37. The fraction of sp³-hybridized carbons (Fsp3) is 0.167. The van der Waals surface area contributed by atoms with Gasteiger partial charge in [-0.3, -0.25) is 9.69 Å². The summed E-state index contributed by atoms with van der Waals surface area (Å²) < 4.78 is 18.2. The molecule has 2 N–H and O–H groups in total. The van der Waals surface area contributed by atoms with Gasteiger partial charge in [0.1, 0.15) is 11.6 Å². The Kier molecular flexibility index (Phi) is 8.05. The predicted octanol–water partition coefficient (Wildman–Crippen LogP) is 5.35. The SMILES string of the molecule is COc1ccc(N(CCCNC(=O)c2ccc(F)cc2)C(=O)Nc2cccc(Cl)c2)cc1. The number of carbonyl (C=O) groups is 2. The fourth-order valence-corrected chi connectivity index (χ4v) is 3.20. The lowest BCUT2D eigenvalue weighted by molar-refractivity contribution is 0.0953. The van der Waals surface area contributed by atoms with Gasteiger partial charge in [-0.05, 0) is 73.2 Å². The van der Waals surface area contributed by atoms with Gasteiger partial charge in [-0.1, -0.05) is 17.7 Å². The van der Waals surface area contributed by atoms with Gasteiger partial charge < -0.3 is 15.4 Å². The maximum absolute atomic E-state index is 13.0. The molecule has 0 atom stereocenters. The van der Waals surface area contributed by atoms with Crippen LogP contribution in [-0.2, 0) is 0 Å². The van der Waals surface area contributed by atoms with E-state index in [1.165, 1.54) is 24.3 Å². The van der Waals surface area contributed by atoms with Crippen molar-refractivity contribution in [2.24, 2.45) is 0 Å². The summed E-state index contributed by atoms with van der Waals surface area (Å²) in [5, 5.41) is 6.14. The Morgan fingerprint density at radius 1 is 1.03 bits per heavy atom. The molecule has 166 valence electrons. The minimum atomic E-state index is -0.401. The first-order valence-corrected chi connectivity index (χ1v) is 10.4. The van der Waals surface area contributed by atoms with E-state index in [-0.39, 0.29) is 11.9 Å². The molecule has 8 heteroatoms. The molecular formula is C24H23ClFN3O3. The smallest absolute Gasteiger partial charge is 0.326 e. The summed E-state index contributed by atoms with van der Waals surface area (Å²) in [4.78, 5) is 26.7. The first kappa shape index (κ1) is 23.1. The van der Waals surface area contributed by atoms with Crippen LogP contribution in [0.4, 0.5) is 20.6 Å². The Balaban J connectivity index is 1.64. The number of methoxy groups -OCH3 is 1. The average molecular weight is 456 g/mol. The summed E-state index contributed by atoms with van der Waals surface area (Å²) in [7, 11) is 1.57. The summed E-state index contributed by atoms with van der Waals surface area (Å²) in [5.74, 6) is -0.0257. The second kappa shape index (κ2) is 11.2. The van der Waals surface area contributed by atoms with Crippen molar-refractivity contribution in [2.45, 2.75) is 6.42 Å². The third-order valence-corrected chi connectivity index (χ3v) is 4.89. The minimum Gasteiger partial charge on any atom is -0.497 e. The van der Waals surface area contributed by atoms with Gasteiger partial charge in [0.05, 0.1) is 7.11 Å². The lowest BCUT2D eigenvalue weighted by Gasteiger charge is -2.23. The molecule has 0 aliphatic carbocycles. The number of rotatable bonds is 8. The normalized spacial score (nSPS) is 10.3. The topological polar surface area (TPSA) is 70.7 Å². The summed E-state index contributed by atoms with van der Waals surface area (Å²) in [6, 6.07) is 19.0. The van der Waals surface area contributed by atoms with Crippen LogP contribution < -0.4 is 20.3 Å². The van der Waals surface area contributed by atoms with Gasteiger partial charge in [0.2, 0.25) is 0 Å². The quantitative estimate of drug-likeness (QED) is 0.450. The van der Waals surface area contributed by atoms with Crippen molar-refractivity contribution >= 4 is 34.9 Å². The van der Waals surface area contributed by atoms with Crippen molar-refractivity contribution in [3.8, 4) is 5.75 Å². The third kappa shape index (κ3) is 6.46. The molecule has 3 aromatic carbocycles. The first-order valence-electron chi connectivity index (χ1n) is 9.98. The Bertz CT molecular complexity index is 1060. The second-order valence-corrected chi connectivity index (χ2v) is 7.34. The number of nitrogens with zero attached hydrogens (tertiary/aromatic N) is 1. The number of hydrogen-bond donors (Lipinski definition) is 2. The molecular weight excluding hydrogens is 433 g/mol. The van der Waals surface area contributed by atoms with Crippen LogP contribution in [0.3, 0.4) is 0 Å². The number of nitrogens with one attached hydrogen (secondary N) is 2. The number of ether oxygens (including phenoxy) is 1. The molecule has 3 rings (SSSR count). The Hall–Kier alpha value is -3.58. The van der Waals surface area contributed by atoms with Crippen LogP contribution in [0.5, 0.6) is 5.75 Å². The molecule has 0 bridgehead atoms. The molecule has 0 spiro atoms. The number of benzene rings is 3. The zero-order valence-corrected chi connectivity index (χ0v) is 18.2. The molecule has 0 heterocycles. The van der Waals surface area contributed by atoms with Crippen LogP contribution in [-0.4, -0.2) is 32.1 Å². The monoisotopic (exact) mass is 455 g/mol. The number of urea groups is 1. The summed E-state index contributed by atoms with van der Waals surface area (Å²) in [6.07, 6.45) is 0.502. The number of hydrogen-bond acceptors (Lipinski definition) is 3. The van der Waals surface area contributed by atoms with Crippen LogP contribution >= 0.6 is 11.6 Å². The van der Waals surface area contributed by atoms with Gasteiger partial charge >= 0.3 is 6.03 Å². The highest BCUT2D eigenvalue weighted by Gasteiger charge is 2.16. The van der Waals surface area contributed by atoms with E-state index >= 15 is 0 Å². The molecule has 0 radical (unpaired) electrons. The maximum atomic E-state index is 13.0. The van der Waals surface area contributed by atoms with Crippen LogP contribution in [0, 0.1) is 5.82 Å². The first-order chi connectivity index (χ1) is 15.5. The summed E-state index contributed by atoms with van der Waals surface area (Å²) >= 11 is 6.01. The number of carbonyl (C=O) groups excluding carboxylic acids is 2. The second-order valence-electron chi connectivity index (χ2n) is 6.91. The average Bonchev–Trinajstić information content (AvgIpc) is 2.79. The number of anilines is 2. The molecule has 0 fully saturated rings. The highest BCUT2D eigenvalue weighted by Crippen LogP contribution is 2.21. The molecule has 32 heavy (non-hydrogen) atoms. The summed E-state index contributed by atoms with van der Waals surface area (Å²) in [5.41, 5.74) is 1.62. The van der Waals surface area contributed by atoms with Gasteiger partial charge in [0, 0.05) is 35.1 Å².